The van der Waals surface area contributed by atoms with Gasteiger partial charge in [0.2, 0.25) is 0 Å². The summed E-state index contributed by atoms with van der Waals surface area (Å²) in [4.78, 5) is 1.11. The van der Waals surface area contributed by atoms with Crippen molar-refractivity contribution >= 4 is 17.6 Å². The Labute approximate surface area is 104 Å². The fraction of sp³-hybridized carbons (Fsp3) is 0.167. The molecule has 17 heavy (non-hydrogen) atoms. The number of hydrogen-bond acceptors (Lipinski definition) is 3. The average Bonchev–Trinajstić information content (AvgIpc) is 2.55. The highest BCUT2D eigenvalue weighted by Gasteiger charge is 2.16. The van der Waals surface area contributed by atoms with Crippen molar-refractivity contribution in [1.29, 1.82) is 5.41 Å². The van der Waals surface area contributed by atoms with Crippen molar-refractivity contribution in [3.63, 3.8) is 0 Å². The zero-order valence-electron chi connectivity index (χ0n) is 9.77. The van der Waals surface area contributed by atoms with Crippen LogP contribution in [-0.4, -0.2) is 15.6 Å². The Bertz CT molecular complexity index is 545. The molecule has 0 bridgehead atoms. The molecule has 0 aliphatic carbocycles. The van der Waals surface area contributed by atoms with E-state index < -0.39 is 0 Å². The Morgan fingerprint density at radius 3 is 2.59 bits per heavy atom. The first kappa shape index (κ1) is 11.7. The summed E-state index contributed by atoms with van der Waals surface area (Å²) in [6, 6.07) is 10.00. The van der Waals surface area contributed by atoms with Crippen LogP contribution < -0.4 is 5.73 Å². The lowest BCUT2D eigenvalue weighted by molar-refractivity contribution is 0.692. The quantitative estimate of drug-likeness (QED) is 0.644. The second kappa shape index (κ2) is 4.63. The van der Waals surface area contributed by atoms with Gasteiger partial charge in [0, 0.05) is 11.9 Å². The standard InChI is InChI=1S/C12H14N4S/c1-8-10(11(13)14)12(16(2)15-8)17-9-6-4-3-5-7-9/h3-7H,1-2H3,(H3,13,14). The number of nitrogen functional groups attached to an aromatic ring is 1. The van der Waals surface area contributed by atoms with E-state index in [2.05, 4.69) is 5.10 Å². The molecule has 88 valence electrons. The molecule has 0 unspecified atom stereocenters. The molecule has 0 saturated heterocycles. The van der Waals surface area contributed by atoms with Gasteiger partial charge in [-0.1, -0.05) is 30.0 Å². The van der Waals surface area contributed by atoms with E-state index in [0.717, 1.165) is 21.2 Å². The third kappa shape index (κ3) is 2.34. The Kier molecular flexibility index (Phi) is 3.19. The summed E-state index contributed by atoms with van der Waals surface area (Å²) in [6.07, 6.45) is 0. The van der Waals surface area contributed by atoms with Gasteiger partial charge < -0.3 is 5.73 Å². The molecule has 3 N–H and O–H groups in total. The molecule has 0 aliphatic heterocycles. The lowest BCUT2D eigenvalue weighted by atomic mass is 10.2. The van der Waals surface area contributed by atoms with E-state index in [0.29, 0.717) is 0 Å². The van der Waals surface area contributed by atoms with Gasteiger partial charge in [-0.2, -0.15) is 5.10 Å². The van der Waals surface area contributed by atoms with Gasteiger partial charge in [-0.05, 0) is 19.1 Å². The fourth-order valence-corrected chi connectivity index (χ4v) is 2.71. The van der Waals surface area contributed by atoms with Gasteiger partial charge >= 0.3 is 0 Å². The van der Waals surface area contributed by atoms with Crippen LogP contribution in [0.25, 0.3) is 0 Å². The molecular weight excluding hydrogens is 232 g/mol. The van der Waals surface area contributed by atoms with E-state index in [4.69, 9.17) is 11.1 Å². The molecule has 0 fully saturated rings. The van der Waals surface area contributed by atoms with Crippen LogP contribution in [0.15, 0.2) is 40.3 Å². The van der Waals surface area contributed by atoms with Crippen LogP contribution in [0.1, 0.15) is 11.3 Å². The second-order valence-corrected chi connectivity index (χ2v) is 4.78. The van der Waals surface area contributed by atoms with Crippen LogP contribution in [0, 0.1) is 12.3 Å². The number of amidine groups is 1. The third-order valence-electron chi connectivity index (χ3n) is 2.40. The molecule has 2 rings (SSSR count). The molecule has 0 saturated carbocycles. The molecule has 0 atom stereocenters. The van der Waals surface area contributed by atoms with Gasteiger partial charge in [-0.15, -0.1) is 0 Å². The smallest absolute Gasteiger partial charge is 0.127 e. The predicted molar refractivity (Wildman–Crippen MR) is 69.5 cm³/mol. The zero-order valence-corrected chi connectivity index (χ0v) is 10.6. The Hall–Kier alpha value is -1.75. The molecule has 0 amide bonds. The van der Waals surface area contributed by atoms with Gasteiger partial charge in [-0.3, -0.25) is 10.1 Å². The summed E-state index contributed by atoms with van der Waals surface area (Å²) in [6.45, 7) is 1.87. The maximum atomic E-state index is 7.61. The normalized spacial score (nSPS) is 10.5. The minimum absolute atomic E-state index is 0.0639. The lowest BCUT2D eigenvalue weighted by Gasteiger charge is -2.04. The molecule has 5 heteroatoms. The maximum absolute atomic E-state index is 7.61. The molecule has 0 spiro atoms. The largest absolute Gasteiger partial charge is 0.384 e. The maximum Gasteiger partial charge on any atom is 0.127 e. The van der Waals surface area contributed by atoms with Gasteiger partial charge in [0.25, 0.3) is 0 Å². The van der Waals surface area contributed by atoms with Crippen LogP contribution in [-0.2, 0) is 7.05 Å². The van der Waals surface area contributed by atoms with Gasteiger partial charge in [0.15, 0.2) is 0 Å². The molecule has 0 radical (unpaired) electrons. The number of hydrogen-bond donors (Lipinski definition) is 2. The summed E-state index contributed by atoms with van der Waals surface area (Å²) in [5.74, 6) is 0.0639. The van der Waals surface area contributed by atoms with Crippen molar-refractivity contribution < 1.29 is 0 Å². The SMILES string of the molecule is Cc1nn(C)c(Sc2ccccc2)c1C(=N)N. The number of nitrogens with two attached hydrogens (primary N) is 1. The second-order valence-electron chi connectivity index (χ2n) is 3.72. The van der Waals surface area contributed by atoms with E-state index in [1.54, 1.807) is 16.4 Å². The summed E-state index contributed by atoms with van der Waals surface area (Å²) < 4.78 is 1.77. The minimum atomic E-state index is 0.0639. The summed E-state index contributed by atoms with van der Waals surface area (Å²) in [7, 11) is 1.87. The van der Waals surface area contributed by atoms with Crippen molar-refractivity contribution in [2.24, 2.45) is 12.8 Å². The first-order valence-electron chi connectivity index (χ1n) is 5.20. The first-order chi connectivity index (χ1) is 8.09. The summed E-state index contributed by atoms with van der Waals surface area (Å²) in [5, 5.41) is 12.8. The number of nitrogens with zero attached hydrogens (tertiary/aromatic N) is 2. The fourth-order valence-electron chi connectivity index (χ4n) is 1.66. The van der Waals surface area contributed by atoms with E-state index in [-0.39, 0.29) is 5.84 Å². The van der Waals surface area contributed by atoms with Crippen LogP contribution in [0.2, 0.25) is 0 Å². The molecular formula is C12H14N4S. The van der Waals surface area contributed by atoms with Gasteiger partial charge in [0.1, 0.15) is 10.9 Å². The van der Waals surface area contributed by atoms with Gasteiger partial charge in [0.05, 0.1) is 11.3 Å². The van der Waals surface area contributed by atoms with E-state index in [9.17, 15) is 0 Å². The Morgan fingerprint density at radius 2 is 2.00 bits per heavy atom. The molecule has 0 aliphatic rings. The molecule has 4 nitrogen and oxygen atoms in total. The van der Waals surface area contributed by atoms with Gasteiger partial charge in [-0.25, -0.2) is 0 Å². The van der Waals surface area contributed by atoms with Crippen molar-refractivity contribution in [3.05, 3.63) is 41.6 Å². The predicted octanol–water partition coefficient (Wildman–Crippen LogP) is 2.16. The topological polar surface area (TPSA) is 67.7 Å². The summed E-state index contributed by atoms with van der Waals surface area (Å²) >= 11 is 1.57. The van der Waals surface area contributed by atoms with Crippen LogP contribution in [0.5, 0.6) is 0 Å². The van der Waals surface area contributed by atoms with Crippen molar-refractivity contribution in [3.8, 4) is 0 Å². The van der Waals surface area contributed by atoms with Crippen LogP contribution in [0.4, 0.5) is 0 Å². The Balaban J connectivity index is 2.42. The first-order valence-corrected chi connectivity index (χ1v) is 6.02. The number of nitrogens with one attached hydrogen (secondary N) is 1. The molecule has 1 aromatic heterocycles. The zero-order chi connectivity index (χ0) is 12.4. The van der Waals surface area contributed by atoms with E-state index in [1.807, 2.05) is 44.3 Å². The van der Waals surface area contributed by atoms with Crippen molar-refractivity contribution in [2.75, 3.05) is 0 Å². The number of aromatic nitrogens is 2. The highest BCUT2D eigenvalue weighted by Crippen LogP contribution is 2.31. The highest BCUT2D eigenvalue weighted by molar-refractivity contribution is 7.99. The molecule has 1 heterocycles. The molecule has 2 aromatic rings. The number of rotatable bonds is 3. The number of aryl methyl sites for hydroxylation is 2. The Morgan fingerprint density at radius 1 is 1.35 bits per heavy atom. The molecule has 1 aromatic carbocycles. The van der Waals surface area contributed by atoms with Crippen LogP contribution in [0.3, 0.4) is 0 Å². The minimum Gasteiger partial charge on any atom is -0.384 e. The van der Waals surface area contributed by atoms with Crippen molar-refractivity contribution in [2.45, 2.75) is 16.8 Å². The lowest BCUT2D eigenvalue weighted by Crippen LogP contribution is -2.13. The van der Waals surface area contributed by atoms with E-state index in [1.165, 1.54) is 0 Å². The van der Waals surface area contributed by atoms with Crippen molar-refractivity contribution in [1.82, 2.24) is 9.78 Å². The third-order valence-corrected chi connectivity index (χ3v) is 3.57. The average molecular weight is 246 g/mol. The highest BCUT2D eigenvalue weighted by atomic mass is 32.2. The van der Waals surface area contributed by atoms with Crippen LogP contribution >= 0.6 is 11.8 Å². The monoisotopic (exact) mass is 246 g/mol. The summed E-state index contributed by atoms with van der Waals surface area (Å²) in [5.41, 5.74) is 7.11. The number of benzene rings is 1. The van der Waals surface area contributed by atoms with E-state index >= 15 is 0 Å².